The maximum atomic E-state index is 13.2. The molecule has 154 valence electrons. The lowest BCUT2D eigenvalue weighted by Gasteiger charge is -2.27. The second kappa shape index (κ2) is 9.31. The zero-order chi connectivity index (χ0) is 20.8. The molecule has 1 saturated heterocycles. The first kappa shape index (κ1) is 20.5. The molecule has 3 rings (SSSR count). The van der Waals surface area contributed by atoms with Crippen LogP contribution < -0.4 is 16.0 Å². The highest BCUT2D eigenvalue weighted by Crippen LogP contribution is 2.17. The van der Waals surface area contributed by atoms with Crippen molar-refractivity contribution in [1.29, 1.82) is 0 Å². The summed E-state index contributed by atoms with van der Waals surface area (Å²) < 4.78 is 26.2. The van der Waals surface area contributed by atoms with Gasteiger partial charge in [0.15, 0.2) is 17.5 Å². The van der Waals surface area contributed by atoms with E-state index in [4.69, 9.17) is 10.6 Å². The Hall–Kier alpha value is -3.23. The van der Waals surface area contributed by atoms with Gasteiger partial charge in [-0.3, -0.25) is 4.79 Å². The monoisotopic (exact) mass is 403 g/mol. The van der Waals surface area contributed by atoms with E-state index in [0.717, 1.165) is 43.9 Å². The summed E-state index contributed by atoms with van der Waals surface area (Å²) in [5, 5.41) is 6.20. The van der Waals surface area contributed by atoms with Crippen LogP contribution in [0.25, 0.3) is 0 Å². The normalized spacial score (nSPS) is 15.7. The van der Waals surface area contributed by atoms with Gasteiger partial charge in [-0.15, -0.1) is 0 Å². The third kappa shape index (κ3) is 5.40. The van der Waals surface area contributed by atoms with Gasteiger partial charge < -0.3 is 20.8 Å². The number of piperidine rings is 1. The minimum atomic E-state index is -1.06. The van der Waals surface area contributed by atoms with Gasteiger partial charge >= 0.3 is 0 Å². The summed E-state index contributed by atoms with van der Waals surface area (Å²) in [5.74, 6) is -1.66. The first-order valence-corrected chi connectivity index (χ1v) is 9.40. The van der Waals surface area contributed by atoms with Gasteiger partial charge in [0.25, 0.3) is 5.91 Å². The number of carbonyl (C=O) groups is 1. The van der Waals surface area contributed by atoms with Crippen molar-refractivity contribution in [2.45, 2.75) is 32.3 Å². The summed E-state index contributed by atoms with van der Waals surface area (Å²) in [6.45, 7) is 3.44. The number of pyridine rings is 1. The quantitative estimate of drug-likeness (QED) is 0.439. The second-order valence-electron chi connectivity index (χ2n) is 6.80. The van der Waals surface area contributed by atoms with Gasteiger partial charge in [-0.05, 0) is 50.5 Å². The van der Waals surface area contributed by atoms with Crippen molar-refractivity contribution in [2.24, 2.45) is 10.9 Å². The van der Waals surface area contributed by atoms with E-state index in [1.54, 1.807) is 12.3 Å². The summed E-state index contributed by atoms with van der Waals surface area (Å²) >= 11 is 0. The van der Waals surface area contributed by atoms with Gasteiger partial charge in [0, 0.05) is 36.6 Å². The van der Waals surface area contributed by atoms with Crippen molar-refractivity contribution >= 4 is 23.2 Å². The summed E-state index contributed by atoms with van der Waals surface area (Å²) in [7, 11) is 0. The molecule has 2 aromatic rings. The molecule has 1 fully saturated rings. The smallest absolute Gasteiger partial charge is 0.267 e. The average Bonchev–Trinajstić information content (AvgIpc) is 2.75. The van der Waals surface area contributed by atoms with E-state index < -0.39 is 23.6 Å². The van der Waals surface area contributed by atoms with Crippen LogP contribution in [-0.2, 0) is 9.63 Å². The van der Waals surface area contributed by atoms with Gasteiger partial charge in [-0.1, -0.05) is 5.16 Å². The van der Waals surface area contributed by atoms with Crippen LogP contribution in [0.4, 0.5) is 20.3 Å². The summed E-state index contributed by atoms with van der Waals surface area (Å²) in [5.41, 5.74) is 6.59. The molecule has 0 spiro atoms. The molecule has 1 unspecified atom stereocenters. The average molecular weight is 403 g/mol. The fraction of sp³-hybridized carbons (Fsp3) is 0.350. The summed E-state index contributed by atoms with van der Waals surface area (Å²) in [6.07, 6.45) is 4.17. The summed E-state index contributed by atoms with van der Waals surface area (Å²) in [6, 6.07) is 6.73. The number of halogens is 2. The molecule has 2 heterocycles. The van der Waals surface area contributed by atoms with Gasteiger partial charge in [0.05, 0.1) is 0 Å². The molecule has 1 amide bonds. The molecular formula is C20H23F2N5O2. The molecular weight excluding hydrogens is 380 g/mol. The Bertz CT molecular complexity index is 883. The van der Waals surface area contributed by atoms with Crippen LogP contribution in [-0.4, -0.2) is 35.9 Å². The number of anilines is 2. The molecule has 1 aromatic carbocycles. The predicted octanol–water partition coefficient (Wildman–Crippen LogP) is 3.01. The van der Waals surface area contributed by atoms with Crippen molar-refractivity contribution in [1.82, 2.24) is 4.98 Å². The summed E-state index contributed by atoms with van der Waals surface area (Å²) in [4.78, 5) is 23.9. The number of carbonyl (C=O) groups excluding carboxylic acids is 1. The molecule has 0 saturated carbocycles. The topological polar surface area (TPSA) is 92.8 Å². The molecule has 1 aliphatic rings. The van der Waals surface area contributed by atoms with E-state index in [1.807, 2.05) is 6.07 Å². The number of nitrogens with zero attached hydrogens (tertiary/aromatic N) is 3. The number of benzene rings is 1. The van der Waals surface area contributed by atoms with Crippen LogP contribution in [0.1, 0.15) is 31.7 Å². The molecule has 3 N–H and O–H groups in total. The SMILES string of the molecule is CC(ON=C(N)c1ccc(N2CCCCC2)nc1)C(=O)Nc1ccc(F)c(F)c1. The molecule has 0 aliphatic carbocycles. The van der Waals surface area contributed by atoms with E-state index in [-0.39, 0.29) is 11.5 Å². The van der Waals surface area contributed by atoms with Crippen LogP contribution in [0.5, 0.6) is 0 Å². The Labute approximate surface area is 167 Å². The van der Waals surface area contributed by atoms with Crippen LogP contribution >= 0.6 is 0 Å². The minimum absolute atomic E-state index is 0.0789. The number of oxime groups is 1. The number of hydrogen-bond donors (Lipinski definition) is 2. The van der Waals surface area contributed by atoms with Crippen LogP contribution in [0.2, 0.25) is 0 Å². The first-order valence-electron chi connectivity index (χ1n) is 9.40. The largest absolute Gasteiger partial charge is 0.381 e. The molecule has 7 nitrogen and oxygen atoms in total. The lowest BCUT2D eigenvalue weighted by Crippen LogP contribution is -2.30. The van der Waals surface area contributed by atoms with Gasteiger partial charge in [0.1, 0.15) is 5.82 Å². The van der Waals surface area contributed by atoms with Gasteiger partial charge in [-0.25, -0.2) is 13.8 Å². The van der Waals surface area contributed by atoms with Crippen molar-refractivity contribution in [3.8, 4) is 0 Å². The number of hydrogen-bond acceptors (Lipinski definition) is 5. The lowest BCUT2D eigenvalue weighted by molar-refractivity contribution is -0.126. The Balaban J connectivity index is 1.56. The van der Waals surface area contributed by atoms with Crippen LogP contribution in [0, 0.1) is 11.6 Å². The van der Waals surface area contributed by atoms with Crippen molar-refractivity contribution in [3.05, 3.63) is 53.7 Å². The predicted molar refractivity (Wildman–Crippen MR) is 107 cm³/mol. The Kier molecular flexibility index (Phi) is 6.58. The second-order valence-corrected chi connectivity index (χ2v) is 6.80. The van der Waals surface area contributed by atoms with Crippen molar-refractivity contribution in [2.75, 3.05) is 23.3 Å². The highest BCUT2D eigenvalue weighted by Gasteiger charge is 2.16. The van der Waals surface area contributed by atoms with E-state index in [9.17, 15) is 13.6 Å². The molecule has 0 bridgehead atoms. The van der Waals surface area contributed by atoms with Crippen LogP contribution in [0.15, 0.2) is 41.7 Å². The Morgan fingerprint density at radius 3 is 2.62 bits per heavy atom. The van der Waals surface area contributed by atoms with Crippen molar-refractivity contribution in [3.63, 3.8) is 0 Å². The molecule has 1 aromatic heterocycles. The van der Waals surface area contributed by atoms with Gasteiger partial charge in [0.2, 0.25) is 6.10 Å². The highest BCUT2D eigenvalue weighted by atomic mass is 19.2. The molecule has 1 aliphatic heterocycles. The number of nitrogens with one attached hydrogen (secondary N) is 1. The van der Waals surface area contributed by atoms with Crippen molar-refractivity contribution < 1.29 is 18.4 Å². The molecule has 1 atom stereocenters. The van der Waals surface area contributed by atoms with E-state index in [0.29, 0.717) is 5.56 Å². The van der Waals surface area contributed by atoms with E-state index >= 15 is 0 Å². The number of amidine groups is 1. The fourth-order valence-electron chi connectivity index (χ4n) is 2.90. The number of amides is 1. The maximum Gasteiger partial charge on any atom is 0.267 e. The number of nitrogens with two attached hydrogens (primary N) is 1. The Morgan fingerprint density at radius 2 is 1.97 bits per heavy atom. The number of rotatable bonds is 6. The lowest BCUT2D eigenvalue weighted by atomic mass is 10.1. The van der Waals surface area contributed by atoms with Gasteiger partial charge in [-0.2, -0.15) is 0 Å². The first-order chi connectivity index (χ1) is 13.9. The molecule has 29 heavy (non-hydrogen) atoms. The van der Waals surface area contributed by atoms with E-state index in [2.05, 4.69) is 20.4 Å². The third-order valence-corrected chi connectivity index (χ3v) is 4.59. The zero-order valence-corrected chi connectivity index (χ0v) is 16.1. The Morgan fingerprint density at radius 1 is 1.21 bits per heavy atom. The maximum absolute atomic E-state index is 13.2. The third-order valence-electron chi connectivity index (χ3n) is 4.59. The fourth-order valence-corrected chi connectivity index (χ4v) is 2.90. The number of aromatic nitrogens is 1. The molecule has 9 heteroatoms. The zero-order valence-electron chi connectivity index (χ0n) is 16.1. The van der Waals surface area contributed by atoms with Crippen LogP contribution in [0.3, 0.4) is 0 Å². The highest BCUT2D eigenvalue weighted by molar-refractivity contribution is 5.97. The molecule has 0 radical (unpaired) electrons. The standard InChI is InChI=1S/C20H23F2N5O2/c1-13(20(28)25-15-6-7-16(21)17(22)11-15)29-26-19(23)14-5-8-18(24-12-14)27-9-3-2-4-10-27/h5-8,11-13H,2-4,9-10H2,1H3,(H2,23,26)(H,25,28). The minimum Gasteiger partial charge on any atom is -0.381 e. The van der Waals surface area contributed by atoms with E-state index in [1.165, 1.54) is 19.4 Å².